The van der Waals surface area contributed by atoms with Gasteiger partial charge in [-0.3, -0.25) is 9.69 Å². The van der Waals surface area contributed by atoms with Crippen molar-refractivity contribution in [1.29, 1.82) is 0 Å². The highest BCUT2D eigenvalue weighted by Crippen LogP contribution is 2.41. The highest BCUT2D eigenvalue weighted by atomic mass is 32.1. The molecule has 1 amide bonds. The Labute approximate surface area is 174 Å². The van der Waals surface area contributed by atoms with Crippen LogP contribution in [-0.4, -0.2) is 63.6 Å². The number of aliphatic hydroxyl groups is 1. The number of piperidine rings is 2. The summed E-state index contributed by atoms with van der Waals surface area (Å²) < 4.78 is 0. The van der Waals surface area contributed by atoms with Crippen molar-refractivity contribution >= 4 is 33.3 Å². The van der Waals surface area contributed by atoms with Crippen molar-refractivity contribution < 1.29 is 9.90 Å². The molecule has 0 aromatic carbocycles. The molecule has 2 fully saturated rings. The first-order valence-electron chi connectivity index (χ1n) is 10.7. The van der Waals surface area contributed by atoms with E-state index in [0.717, 1.165) is 54.8 Å². The summed E-state index contributed by atoms with van der Waals surface area (Å²) in [6, 6.07) is 0. The number of anilines is 1. The number of nitrogen functional groups attached to an aromatic ring is 1. The molecule has 3 aliphatic rings. The van der Waals surface area contributed by atoms with E-state index in [9.17, 15) is 9.90 Å². The van der Waals surface area contributed by atoms with Gasteiger partial charge in [-0.25, -0.2) is 9.97 Å². The number of nitrogens with zero attached hydrogens (tertiary/aromatic N) is 4. The molecule has 2 aromatic heterocycles. The van der Waals surface area contributed by atoms with Crippen molar-refractivity contribution in [2.24, 2.45) is 5.41 Å². The Morgan fingerprint density at radius 2 is 2.00 bits per heavy atom. The number of hydrogen-bond acceptors (Lipinski definition) is 7. The number of carbonyl (C=O) groups excluding carboxylic acids is 1. The number of carbonyl (C=O) groups is 1. The maximum absolute atomic E-state index is 12.8. The predicted octanol–water partition coefficient (Wildman–Crippen LogP) is 1.96. The van der Waals surface area contributed by atoms with E-state index in [-0.39, 0.29) is 5.91 Å². The van der Waals surface area contributed by atoms with E-state index in [1.54, 1.807) is 23.3 Å². The molecule has 3 N–H and O–H groups in total. The van der Waals surface area contributed by atoms with Gasteiger partial charge in [-0.05, 0) is 63.6 Å². The van der Waals surface area contributed by atoms with Crippen LogP contribution in [-0.2, 0) is 24.2 Å². The van der Waals surface area contributed by atoms with Gasteiger partial charge in [-0.1, -0.05) is 0 Å². The number of hydrogen-bond donors (Lipinski definition) is 2. The van der Waals surface area contributed by atoms with Crippen molar-refractivity contribution in [2.45, 2.75) is 57.6 Å². The van der Waals surface area contributed by atoms with Gasteiger partial charge in [-0.2, -0.15) is 0 Å². The number of likely N-dealkylation sites (N-methyl/N-ethyl adjacent to an activating group) is 1. The molecular weight excluding hydrogens is 386 g/mol. The number of likely N-dealkylation sites (tertiary alicyclic amines) is 2. The van der Waals surface area contributed by atoms with E-state index in [4.69, 9.17) is 10.7 Å². The van der Waals surface area contributed by atoms with Gasteiger partial charge >= 0.3 is 0 Å². The second-order valence-electron chi connectivity index (χ2n) is 9.02. The summed E-state index contributed by atoms with van der Waals surface area (Å²) in [5, 5.41) is 11.3. The Morgan fingerprint density at radius 3 is 2.79 bits per heavy atom. The zero-order valence-electron chi connectivity index (χ0n) is 17.0. The van der Waals surface area contributed by atoms with Gasteiger partial charge in [0.25, 0.3) is 0 Å². The molecule has 2 saturated heterocycles. The first-order chi connectivity index (χ1) is 13.9. The second kappa shape index (κ2) is 7.18. The van der Waals surface area contributed by atoms with Crippen molar-refractivity contribution in [3.63, 3.8) is 0 Å². The van der Waals surface area contributed by atoms with Crippen molar-refractivity contribution in [2.75, 3.05) is 32.4 Å². The van der Waals surface area contributed by atoms with Gasteiger partial charge in [0, 0.05) is 18.5 Å². The van der Waals surface area contributed by atoms with Gasteiger partial charge in [0.15, 0.2) is 0 Å². The third kappa shape index (κ3) is 3.31. The Hall–Kier alpha value is -1.77. The normalized spacial score (nSPS) is 25.0. The summed E-state index contributed by atoms with van der Waals surface area (Å²) in [5.41, 5.74) is 7.32. The molecule has 7 nitrogen and oxygen atoms in total. The number of aryl methyl sites for hydroxylation is 2. The Kier molecular flexibility index (Phi) is 4.75. The average Bonchev–Trinajstić information content (AvgIpc) is 3.06. The lowest BCUT2D eigenvalue weighted by molar-refractivity contribution is -0.154. The van der Waals surface area contributed by atoms with Gasteiger partial charge in [-0.15, -0.1) is 11.3 Å². The van der Waals surface area contributed by atoms with Crippen molar-refractivity contribution in [3.05, 3.63) is 16.3 Å². The van der Waals surface area contributed by atoms with Crippen LogP contribution < -0.4 is 5.73 Å². The number of thiophene rings is 1. The van der Waals surface area contributed by atoms with E-state index in [2.05, 4.69) is 9.88 Å². The lowest BCUT2D eigenvalue weighted by Gasteiger charge is -2.46. The van der Waals surface area contributed by atoms with Crippen LogP contribution in [0.25, 0.3) is 10.2 Å². The van der Waals surface area contributed by atoms with Crippen molar-refractivity contribution in [3.8, 4) is 0 Å². The molecular formula is C21H29N5O2S. The first-order valence-corrected chi connectivity index (χ1v) is 11.5. The summed E-state index contributed by atoms with van der Waals surface area (Å²) >= 11 is 1.78. The van der Waals surface area contributed by atoms with Gasteiger partial charge in [0.2, 0.25) is 5.91 Å². The number of fused-ring (bicyclic) bond motifs is 3. The zero-order valence-corrected chi connectivity index (χ0v) is 17.8. The first kappa shape index (κ1) is 19.2. The Balaban J connectivity index is 1.32. The molecule has 8 heteroatoms. The Morgan fingerprint density at radius 1 is 1.24 bits per heavy atom. The molecule has 1 spiro atoms. The fraction of sp³-hybridized carbons (Fsp3) is 0.667. The van der Waals surface area contributed by atoms with Crippen LogP contribution in [0.1, 0.15) is 48.4 Å². The van der Waals surface area contributed by atoms with Crippen LogP contribution in [0, 0.1) is 5.41 Å². The molecule has 0 radical (unpaired) electrons. The van der Waals surface area contributed by atoms with Crippen LogP contribution in [0.5, 0.6) is 0 Å². The monoisotopic (exact) mass is 415 g/mol. The molecule has 5 rings (SSSR count). The molecule has 0 saturated carbocycles. The van der Waals surface area contributed by atoms with Gasteiger partial charge in [0.1, 0.15) is 16.5 Å². The molecule has 1 atom stereocenters. The Bertz CT molecular complexity index is 950. The number of β-amino-alcohol motifs (C(OH)–C–C–N with tert-alkyl or cyclic N) is 1. The summed E-state index contributed by atoms with van der Waals surface area (Å²) in [6.45, 7) is 2.73. The maximum atomic E-state index is 12.8. The molecule has 4 heterocycles. The van der Waals surface area contributed by atoms with Crippen LogP contribution in [0.4, 0.5) is 5.82 Å². The van der Waals surface area contributed by atoms with Crippen LogP contribution >= 0.6 is 11.3 Å². The molecule has 1 aliphatic carbocycles. The third-order valence-corrected chi connectivity index (χ3v) is 8.16. The van der Waals surface area contributed by atoms with E-state index in [1.165, 1.54) is 23.3 Å². The maximum Gasteiger partial charge on any atom is 0.228 e. The van der Waals surface area contributed by atoms with Gasteiger partial charge < -0.3 is 15.7 Å². The second-order valence-corrected chi connectivity index (χ2v) is 10.1. The number of aromatic nitrogens is 2. The van der Waals surface area contributed by atoms with E-state index in [0.29, 0.717) is 25.3 Å². The summed E-state index contributed by atoms with van der Waals surface area (Å²) in [5.74, 6) is 1.58. The quantitative estimate of drug-likeness (QED) is 0.778. The largest absolute Gasteiger partial charge is 0.391 e. The molecule has 156 valence electrons. The van der Waals surface area contributed by atoms with E-state index >= 15 is 0 Å². The molecule has 29 heavy (non-hydrogen) atoms. The third-order valence-electron chi connectivity index (χ3n) is 6.98. The van der Waals surface area contributed by atoms with Crippen molar-refractivity contribution in [1.82, 2.24) is 19.8 Å². The smallest absolute Gasteiger partial charge is 0.228 e. The molecule has 0 bridgehead atoms. The summed E-state index contributed by atoms with van der Waals surface area (Å²) in [4.78, 5) is 28.7. The average molecular weight is 416 g/mol. The van der Waals surface area contributed by atoms with Gasteiger partial charge in [0.05, 0.1) is 23.4 Å². The minimum absolute atomic E-state index is 0.188. The van der Waals surface area contributed by atoms with Crippen LogP contribution in [0.3, 0.4) is 0 Å². The number of rotatable bonds is 2. The standard InChI is InChI=1S/C21H29N5O2S/c1-25-11-13(27)10-21(20(25)28)6-8-26(9-7-21)12-16-23-18(22)17-14-4-2-3-5-15(14)29-19(17)24-16/h13,27H,2-12H2,1H3,(H2,22,23,24). The zero-order chi connectivity index (χ0) is 20.2. The topological polar surface area (TPSA) is 95.6 Å². The summed E-state index contributed by atoms with van der Waals surface area (Å²) in [6.07, 6.45) is 6.41. The number of amides is 1. The highest BCUT2D eigenvalue weighted by molar-refractivity contribution is 7.19. The highest BCUT2D eigenvalue weighted by Gasteiger charge is 2.47. The minimum Gasteiger partial charge on any atom is -0.391 e. The molecule has 2 aliphatic heterocycles. The molecule has 1 unspecified atom stereocenters. The predicted molar refractivity (Wildman–Crippen MR) is 114 cm³/mol. The number of aliphatic hydroxyl groups excluding tert-OH is 1. The minimum atomic E-state index is -0.417. The lowest BCUT2D eigenvalue weighted by Crippen LogP contribution is -2.56. The summed E-state index contributed by atoms with van der Waals surface area (Å²) in [7, 11) is 1.80. The molecule has 2 aromatic rings. The SMILES string of the molecule is CN1CC(O)CC2(CCN(Cc3nc(N)c4c5c(sc4n3)CCCC5)CC2)C1=O. The van der Waals surface area contributed by atoms with E-state index < -0.39 is 11.5 Å². The number of nitrogens with two attached hydrogens (primary N) is 1. The fourth-order valence-electron chi connectivity index (χ4n) is 5.47. The van der Waals surface area contributed by atoms with Crippen LogP contribution in [0.15, 0.2) is 0 Å². The van der Waals surface area contributed by atoms with Crippen LogP contribution in [0.2, 0.25) is 0 Å². The van der Waals surface area contributed by atoms with E-state index in [1.807, 2.05) is 0 Å². The fourth-order valence-corrected chi connectivity index (χ4v) is 6.75. The lowest BCUT2D eigenvalue weighted by atomic mass is 9.71.